The number of benzene rings is 1. The molecule has 3 nitrogen and oxygen atoms in total. The number of pyridine rings is 1. The van der Waals surface area contributed by atoms with Crippen molar-refractivity contribution in [3.05, 3.63) is 54.4 Å². The van der Waals surface area contributed by atoms with Gasteiger partial charge in [0.1, 0.15) is 5.75 Å². The van der Waals surface area contributed by atoms with Gasteiger partial charge in [-0.3, -0.25) is 4.98 Å². The van der Waals surface area contributed by atoms with E-state index in [2.05, 4.69) is 4.98 Å². The first kappa shape index (κ1) is 16.6. The number of rotatable bonds is 4. The fourth-order valence-corrected chi connectivity index (χ4v) is 1.38. The highest BCUT2D eigenvalue weighted by Crippen LogP contribution is 2.13. The molecule has 0 aliphatic carbocycles. The Morgan fingerprint density at radius 2 is 1.72 bits per heavy atom. The van der Waals surface area contributed by atoms with Gasteiger partial charge >= 0.3 is 0 Å². The Morgan fingerprint density at radius 1 is 1.00 bits per heavy atom. The van der Waals surface area contributed by atoms with E-state index in [9.17, 15) is 0 Å². The average Bonchev–Trinajstić information content (AvgIpc) is 2.33. The van der Waals surface area contributed by atoms with Crippen LogP contribution >= 0.6 is 24.8 Å². The number of nitrogens with zero attached hydrogens (tertiary/aromatic N) is 1. The molecule has 0 saturated carbocycles. The zero-order valence-corrected chi connectivity index (χ0v) is 11.4. The summed E-state index contributed by atoms with van der Waals surface area (Å²) in [6.07, 6.45) is 2.60. The van der Waals surface area contributed by atoms with E-state index < -0.39 is 0 Å². The Morgan fingerprint density at radius 3 is 2.33 bits per heavy atom. The first-order valence-electron chi connectivity index (χ1n) is 5.23. The van der Waals surface area contributed by atoms with Crippen LogP contribution in [-0.2, 0) is 6.42 Å². The lowest BCUT2D eigenvalue weighted by molar-refractivity contribution is 0.320. The summed E-state index contributed by atoms with van der Waals surface area (Å²) in [5.74, 6) is 0.838. The summed E-state index contributed by atoms with van der Waals surface area (Å²) < 4.78 is 5.57. The highest BCUT2D eigenvalue weighted by atomic mass is 35.5. The van der Waals surface area contributed by atoms with Crippen LogP contribution in [-0.4, -0.2) is 11.6 Å². The van der Waals surface area contributed by atoms with Crippen molar-refractivity contribution in [2.45, 2.75) is 6.42 Å². The number of anilines is 1. The van der Waals surface area contributed by atoms with E-state index in [0.29, 0.717) is 6.61 Å². The summed E-state index contributed by atoms with van der Waals surface area (Å²) in [5, 5.41) is 0. The van der Waals surface area contributed by atoms with E-state index in [0.717, 1.165) is 23.6 Å². The fraction of sp³-hybridized carbons (Fsp3) is 0.154. The van der Waals surface area contributed by atoms with Crippen LogP contribution < -0.4 is 10.5 Å². The molecule has 18 heavy (non-hydrogen) atoms. The van der Waals surface area contributed by atoms with E-state index >= 15 is 0 Å². The summed E-state index contributed by atoms with van der Waals surface area (Å²) in [6, 6.07) is 13.3. The third kappa shape index (κ3) is 5.25. The van der Waals surface area contributed by atoms with Crippen molar-refractivity contribution in [2.75, 3.05) is 12.3 Å². The third-order valence-corrected chi connectivity index (χ3v) is 2.23. The maximum absolute atomic E-state index is 5.58. The summed E-state index contributed by atoms with van der Waals surface area (Å²) in [7, 11) is 0. The molecule has 0 aliphatic heterocycles. The van der Waals surface area contributed by atoms with Crippen molar-refractivity contribution < 1.29 is 4.74 Å². The van der Waals surface area contributed by atoms with E-state index in [1.807, 2.05) is 42.5 Å². The minimum atomic E-state index is 0. The van der Waals surface area contributed by atoms with Crippen molar-refractivity contribution in [3.8, 4) is 5.75 Å². The molecule has 0 aliphatic rings. The lowest BCUT2D eigenvalue weighted by Crippen LogP contribution is -2.02. The minimum Gasteiger partial charge on any atom is -0.493 e. The van der Waals surface area contributed by atoms with Gasteiger partial charge < -0.3 is 10.5 Å². The maximum atomic E-state index is 5.58. The Balaban J connectivity index is 0.00000144. The second kappa shape index (κ2) is 8.61. The first-order valence-corrected chi connectivity index (χ1v) is 5.23. The quantitative estimate of drug-likeness (QED) is 0.879. The normalized spacial score (nSPS) is 8.89. The van der Waals surface area contributed by atoms with Crippen molar-refractivity contribution in [2.24, 2.45) is 0 Å². The maximum Gasteiger partial charge on any atom is 0.119 e. The molecule has 0 atom stereocenters. The van der Waals surface area contributed by atoms with Gasteiger partial charge in [0.15, 0.2) is 0 Å². The largest absolute Gasteiger partial charge is 0.493 e. The monoisotopic (exact) mass is 286 g/mol. The van der Waals surface area contributed by atoms with Crippen molar-refractivity contribution in [1.29, 1.82) is 0 Å². The zero-order chi connectivity index (χ0) is 11.2. The van der Waals surface area contributed by atoms with Crippen LogP contribution in [0.5, 0.6) is 5.75 Å². The topological polar surface area (TPSA) is 48.1 Å². The van der Waals surface area contributed by atoms with Gasteiger partial charge in [0.25, 0.3) is 0 Å². The molecule has 0 radical (unpaired) electrons. The van der Waals surface area contributed by atoms with E-state index in [-0.39, 0.29) is 24.8 Å². The molecule has 1 aromatic carbocycles. The van der Waals surface area contributed by atoms with Crippen LogP contribution in [0.3, 0.4) is 0 Å². The van der Waals surface area contributed by atoms with E-state index in [4.69, 9.17) is 10.5 Å². The summed E-state index contributed by atoms with van der Waals surface area (Å²) in [5.41, 5.74) is 7.37. The number of hydrogen-bond acceptors (Lipinski definition) is 3. The van der Waals surface area contributed by atoms with Crippen LogP contribution in [0, 0.1) is 0 Å². The lowest BCUT2D eigenvalue weighted by Gasteiger charge is -2.05. The van der Waals surface area contributed by atoms with Crippen molar-refractivity contribution in [1.82, 2.24) is 4.98 Å². The summed E-state index contributed by atoms with van der Waals surface area (Å²) >= 11 is 0. The van der Waals surface area contributed by atoms with Crippen molar-refractivity contribution >= 4 is 30.5 Å². The molecule has 5 heteroatoms. The Kier molecular flexibility index (Phi) is 7.92. The molecular formula is C13H16Cl2N2O. The van der Waals surface area contributed by atoms with Gasteiger partial charge in [0, 0.05) is 24.0 Å². The molecular weight excluding hydrogens is 271 g/mol. The molecule has 0 fully saturated rings. The van der Waals surface area contributed by atoms with Gasteiger partial charge in [0.05, 0.1) is 6.61 Å². The van der Waals surface area contributed by atoms with Crippen LogP contribution in [0.25, 0.3) is 0 Å². The van der Waals surface area contributed by atoms with E-state index in [1.54, 1.807) is 6.20 Å². The standard InChI is InChI=1S/C13H14N2O.2ClH/c14-11-4-6-13(7-5-11)16-10-8-12-3-1-2-9-15-12;;/h1-7,9H,8,10,14H2;2*1H. The second-order valence-electron chi connectivity index (χ2n) is 3.49. The highest BCUT2D eigenvalue weighted by molar-refractivity contribution is 5.85. The molecule has 1 aromatic heterocycles. The Labute approximate surface area is 119 Å². The molecule has 0 unspecified atom stereocenters. The second-order valence-corrected chi connectivity index (χ2v) is 3.49. The van der Waals surface area contributed by atoms with Gasteiger partial charge in [-0.1, -0.05) is 6.07 Å². The average molecular weight is 287 g/mol. The predicted octanol–water partition coefficient (Wildman–Crippen LogP) is 3.13. The van der Waals surface area contributed by atoms with Gasteiger partial charge in [-0.25, -0.2) is 0 Å². The molecule has 2 aromatic rings. The number of nitrogen functional groups attached to an aromatic ring is 1. The predicted molar refractivity (Wildman–Crippen MR) is 78.8 cm³/mol. The fourth-order valence-electron chi connectivity index (χ4n) is 1.38. The zero-order valence-electron chi connectivity index (χ0n) is 9.78. The summed E-state index contributed by atoms with van der Waals surface area (Å²) in [4.78, 5) is 4.22. The Bertz CT molecular complexity index is 435. The number of aromatic nitrogens is 1. The minimum absolute atomic E-state index is 0. The van der Waals surface area contributed by atoms with Crippen LogP contribution in [0.2, 0.25) is 0 Å². The molecule has 0 spiro atoms. The lowest BCUT2D eigenvalue weighted by atomic mass is 10.3. The third-order valence-electron chi connectivity index (χ3n) is 2.23. The first-order chi connectivity index (χ1) is 7.84. The number of nitrogens with two attached hydrogens (primary N) is 1. The van der Waals surface area contributed by atoms with Gasteiger partial charge in [-0.05, 0) is 36.4 Å². The van der Waals surface area contributed by atoms with Gasteiger partial charge in [-0.15, -0.1) is 24.8 Å². The molecule has 2 rings (SSSR count). The van der Waals surface area contributed by atoms with Gasteiger partial charge in [-0.2, -0.15) is 0 Å². The Hall–Kier alpha value is -1.45. The van der Waals surface area contributed by atoms with E-state index in [1.165, 1.54) is 0 Å². The molecule has 1 heterocycles. The number of ether oxygens (including phenoxy) is 1. The van der Waals surface area contributed by atoms with Crippen LogP contribution in [0.1, 0.15) is 5.69 Å². The van der Waals surface area contributed by atoms with Crippen LogP contribution in [0.4, 0.5) is 5.69 Å². The van der Waals surface area contributed by atoms with Crippen LogP contribution in [0.15, 0.2) is 48.7 Å². The van der Waals surface area contributed by atoms with Gasteiger partial charge in [0.2, 0.25) is 0 Å². The number of halogens is 2. The SMILES string of the molecule is Cl.Cl.Nc1ccc(OCCc2ccccn2)cc1. The molecule has 98 valence electrons. The highest BCUT2D eigenvalue weighted by Gasteiger charge is 1.95. The smallest absolute Gasteiger partial charge is 0.119 e. The molecule has 2 N–H and O–H groups in total. The molecule has 0 bridgehead atoms. The summed E-state index contributed by atoms with van der Waals surface area (Å²) in [6.45, 7) is 0.626. The molecule has 0 saturated heterocycles. The molecule has 0 amide bonds. The number of hydrogen-bond donors (Lipinski definition) is 1. The van der Waals surface area contributed by atoms with Crippen molar-refractivity contribution in [3.63, 3.8) is 0 Å².